The molecule has 1 N–H and O–H groups in total. The van der Waals surface area contributed by atoms with E-state index in [1.54, 1.807) is 0 Å². The third-order valence-corrected chi connectivity index (χ3v) is 3.75. The molecule has 1 amide bonds. The molecule has 2 heterocycles. The first-order valence-corrected chi connectivity index (χ1v) is 7.12. The average Bonchev–Trinajstić information content (AvgIpc) is 2.87. The lowest BCUT2D eigenvalue weighted by molar-refractivity contribution is -0.137. The monoisotopic (exact) mass is 312 g/mol. The number of carbonyl (C=O) groups excluding carboxylic acids is 1. The van der Waals surface area contributed by atoms with E-state index < -0.39 is 0 Å². The Balaban J connectivity index is 0.00000161. The van der Waals surface area contributed by atoms with Crippen LogP contribution < -0.4 is 10.1 Å². The van der Waals surface area contributed by atoms with Gasteiger partial charge in [-0.15, -0.1) is 12.4 Å². The summed E-state index contributed by atoms with van der Waals surface area (Å²) in [5.74, 6) is 0.945. The molecule has 0 saturated carbocycles. The van der Waals surface area contributed by atoms with Gasteiger partial charge in [0, 0.05) is 25.2 Å². The number of rotatable bonds is 1. The molecule has 2 aliphatic heterocycles. The topological polar surface area (TPSA) is 50.8 Å². The van der Waals surface area contributed by atoms with E-state index in [0.29, 0.717) is 39.5 Å². The average molecular weight is 313 g/mol. The van der Waals surface area contributed by atoms with Crippen LogP contribution in [-0.4, -0.2) is 50.3 Å². The Labute approximate surface area is 131 Å². The Hall–Kier alpha value is -1.30. The van der Waals surface area contributed by atoms with Crippen molar-refractivity contribution >= 4 is 18.3 Å². The van der Waals surface area contributed by atoms with E-state index in [1.165, 1.54) is 0 Å². The Kier molecular flexibility index (Phi) is 5.85. The van der Waals surface area contributed by atoms with Crippen LogP contribution in [0.5, 0.6) is 5.75 Å². The molecule has 116 valence electrons. The summed E-state index contributed by atoms with van der Waals surface area (Å²) in [6, 6.07) is 7.91. The molecule has 1 saturated heterocycles. The normalized spacial score (nSPS) is 22.1. The van der Waals surface area contributed by atoms with Gasteiger partial charge < -0.3 is 19.7 Å². The summed E-state index contributed by atoms with van der Waals surface area (Å²) in [7, 11) is 0. The second kappa shape index (κ2) is 7.64. The Bertz CT molecular complexity index is 476. The van der Waals surface area contributed by atoms with Crippen molar-refractivity contribution in [1.82, 2.24) is 10.2 Å². The number of nitrogens with one attached hydrogen (secondary N) is 1. The fraction of sp³-hybridized carbons (Fsp3) is 0.533. The summed E-state index contributed by atoms with van der Waals surface area (Å²) in [4.78, 5) is 14.5. The van der Waals surface area contributed by atoms with Crippen LogP contribution in [0.1, 0.15) is 5.56 Å². The van der Waals surface area contributed by atoms with Crippen molar-refractivity contribution in [3.05, 3.63) is 29.8 Å². The van der Waals surface area contributed by atoms with E-state index in [-0.39, 0.29) is 24.2 Å². The number of para-hydroxylation sites is 1. The molecule has 1 fully saturated rings. The van der Waals surface area contributed by atoms with Gasteiger partial charge in [-0.25, -0.2) is 0 Å². The second-order valence-electron chi connectivity index (χ2n) is 5.19. The summed E-state index contributed by atoms with van der Waals surface area (Å²) in [5, 5.41) is 3.25. The molecule has 0 bridgehead atoms. The van der Waals surface area contributed by atoms with Gasteiger partial charge in [-0.05, 0) is 6.07 Å². The smallest absolute Gasteiger partial charge is 0.229 e. The molecule has 1 aromatic carbocycles. The van der Waals surface area contributed by atoms with Crippen molar-refractivity contribution in [2.45, 2.75) is 6.54 Å². The minimum absolute atomic E-state index is 0. The number of benzene rings is 1. The number of nitrogens with zero attached hydrogens (tertiary/aromatic N) is 1. The quantitative estimate of drug-likeness (QED) is 0.842. The van der Waals surface area contributed by atoms with Gasteiger partial charge >= 0.3 is 0 Å². The fourth-order valence-electron chi connectivity index (χ4n) is 2.64. The molecule has 2 aliphatic rings. The minimum atomic E-state index is -0.0947. The molecule has 1 unspecified atom stereocenters. The van der Waals surface area contributed by atoms with E-state index in [1.807, 2.05) is 29.2 Å². The maximum absolute atomic E-state index is 12.6. The lowest BCUT2D eigenvalue weighted by Crippen LogP contribution is -2.41. The highest BCUT2D eigenvalue weighted by atomic mass is 35.5. The lowest BCUT2D eigenvalue weighted by atomic mass is 10.1. The maximum atomic E-state index is 12.6. The molecule has 0 spiro atoms. The van der Waals surface area contributed by atoms with Crippen molar-refractivity contribution in [2.75, 3.05) is 39.5 Å². The van der Waals surface area contributed by atoms with Crippen LogP contribution in [-0.2, 0) is 16.1 Å². The first kappa shape index (κ1) is 16.1. The van der Waals surface area contributed by atoms with Gasteiger partial charge in [-0.2, -0.15) is 0 Å². The fourth-order valence-corrected chi connectivity index (χ4v) is 2.64. The maximum Gasteiger partial charge on any atom is 0.229 e. The van der Waals surface area contributed by atoms with Crippen LogP contribution in [0.4, 0.5) is 0 Å². The molecule has 0 radical (unpaired) electrons. The van der Waals surface area contributed by atoms with Crippen LogP contribution >= 0.6 is 12.4 Å². The summed E-state index contributed by atoms with van der Waals surface area (Å²) in [6.07, 6.45) is 0. The van der Waals surface area contributed by atoms with Gasteiger partial charge in [0.25, 0.3) is 0 Å². The van der Waals surface area contributed by atoms with E-state index >= 15 is 0 Å². The van der Waals surface area contributed by atoms with Crippen molar-refractivity contribution in [1.29, 1.82) is 0 Å². The van der Waals surface area contributed by atoms with Crippen molar-refractivity contribution < 1.29 is 14.3 Å². The highest BCUT2D eigenvalue weighted by molar-refractivity contribution is 5.85. The Morgan fingerprint density at radius 3 is 3.05 bits per heavy atom. The lowest BCUT2D eigenvalue weighted by Gasteiger charge is -2.24. The zero-order chi connectivity index (χ0) is 13.8. The highest BCUT2D eigenvalue weighted by Gasteiger charge is 2.27. The highest BCUT2D eigenvalue weighted by Crippen LogP contribution is 2.23. The predicted molar refractivity (Wildman–Crippen MR) is 81.8 cm³/mol. The molecule has 21 heavy (non-hydrogen) atoms. The summed E-state index contributed by atoms with van der Waals surface area (Å²) in [5.41, 5.74) is 1.07. The first-order chi connectivity index (χ1) is 9.84. The molecule has 6 heteroatoms. The van der Waals surface area contributed by atoms with Crippen LogP contribution in [0.3, 0.4) is 0 Å². The molecular formula is C15H21ClN2O3. The Morgan fingerprint density at radius 2 is 2.14 bits per heavy atom. The largest absolute Gasteiger partial charge is 0.491 e. The Morgan fingerprint density at radius 1 is 1.29 bits per heavy atom. The minimum Gasteiger partial charge on any atom is -0.491 e. The summed E-state index contributed by atoms with van der Waals surface area (Å²) < 4.78 is 11.2. The van der Waals surface area contributed by atoms with E-state index in [9.17, 15) is 4.79 Å². The number of fused-ring (bicyclic) bond motifs is 1. The second-order valence-corrected chi connectivity index (χ2v) is 5.19. The van der Waals surface area contributed by atoms with Gasteiger partial charge in [0.05, 0.1) is 25.7 Å². The first-order valence-electron chi connectivity index (χ1n) is 7.12. The molecule has 1 aromatic rings. The van der Waals surface area contributed by atoms with Gasteiger partial charge in [-0.1, -0.05) is 18.2 Å². The number of hydrogen-bond acceptors (Lipinski definition) is 4. The summed E-state index contributed by atoms with van der Waals surface area (Å²) >= 11 is 0. The predicted octanol–water partition coefficient (Wildman–Crippen LogP) is 1.07. The molecule has 1 atom stereocenters. The van der Waals surface area contributed by atoms with E-state index in [2.05, 4.69) is 5.32 Å². The summed E-state index contributed by atoms with van der Waals surface area (Å²) in [6.45, 7) is 4.48. The van der Waals surface area contributed by atoms with E-state index in [4.69, 9.17) is 9.47 Å². The number of amides is 1. The molecule has 0 aliphatic carbocycles. The van der Waals surface area contributed by atoms with Crippen molar-refractivity contribution in [2.24, 2.45) is 5.92 Å². The molecule has 5 nitrogen and oxygen atoms in total. The SMILES string of the molecule is Cl.O=C(C1CNCCOC1)N1CCOc2ccccc2C1. The zero-order valence-electron chi connectivity index (χ0n) is 11.9. The van der Waals surface area contributed by atoms with Gasteiger partial charge in [-0.3, -0.25) is 4.79 Å². The van der Waals surface area contributed by atoms with E-state index in [0.717, 1.165) is 17.9 Å². The molecular weight excluding hydrogens is 292 g/mol. The number of halogens is 1. The van der Waals surface area contributed by atoms with Gasteiger partial charge in [0.1, 0.15) is 12.4 Å². The van der Waals surface area contributed by atoms with Crippen LogP contribution in [0.15, 0.2) is 24.3 Å². The van der Waals surface area contributed by atoms with Gasteiger partial charge in [0.15, 0.2) is 0 Å². The number of hydrogen-bond donors (Lipinski definition) is 1. The number of carbonyl (C=O) groups is 1. The standard InChI is InChI=1S/C15H20N2O3.ClH/c18-15(13-9-16-5-7-19-11-13)17-6-8-20-14-4-2-1-3-12(14)10-17;/h1-4,13,16H,5-11H2;1H. The van der Waals surface area contributed by atoms with Crippen LogP contribution in [0, 0.1) is 5.92 Å². The molecule has 3 rings (SSSR count). The van der Waals surface area contributed by atoms with Gasteiger partial charge in [0.2, 0.25) is 5.91 Å². The number of ether oxygens (including phenoxy) is 2. The third kappa shape index (κ3) is 3.87. The van der Waals surface area contributed by atoms with Crippen molar-refractivity contribution in [3.63, 3.8) is 0 Å². The molecule has 0 aromatic heterocycles. The zero-order valence-corrected chi connectivity index (χ0v) is 12.7. The van der Waals surface area contributed by atoms with Crippen molar-refractivity contribution in [3.8, 4) is 5.75 Å². The third-order valence-electron chi connectivity index (χ3n) is 3.75. The van der Waals surface area contributed by atoms with Crippen LogP contribution in [0.25, 0.3) is 0 Å². The van der Waals surface area contributed by atoms with Crippen LogP contribution in [0.2, 0.25) is 0 Å².